The van der Waals surface area contributed by atoms with E-state index in [0.717, 1.165) is 37.9 Å². The topological polar surface area (TPSA) is 57.3 Å². The van der Waals surface area contributed by atoms with E-state index in [0.29, 0.717) is 17.4 Å². The first kappa shape index (κ1) is 18.7. The predicted octanol–water partition coefficient (Wildman–Crippen LogP) is 2.69. The molecule has 0 bridgehead atoms. The van der Waals surface area contributed by atoms with Gasteiger partial charge in [0.05, 0.1) is 23.0 Å². The lowest BCUT2D eigenvalue weighted by Gasteiger charge is -2.20. The zero-order valence-corrected chi connectivity index (χ0v) is 15.2. The first-order valence-corrected chi connectivity index (χ1v) is 9.26. The summed E-state index contributed by atoms with van der Waals surface area (Å²) in [6.45, 7) is 3.66. The van der Waals surface area contributed by atoms with Gasteiger partial charge in [-0.25, -0.2) is 0 Å². The van der Waals surface area contributed by atoms with E-state index in [-0.39, 0.29) is 12.1 Å². The minimum atomic E-state index is -4.45. The number of hydrogen-bond donors (Lipinski definition) is 2. The molecule has 1 aromatic heterocycles. The van der Waals surface area contributed by atoms with Gasteiger partial charge in [0.25, 0.3) is 5.91 Å². The molecule has 1 amide bonds. The van der Waals surface area contributed by atoms with E-state index < -0.39 is 17.6 Å². The largest absolute Gasteiger partial charge is 0.416 e. The van der Waals surface area contributed by atoms with Gasteiger partial charge in [-0.15, -0.1) is 0 Å². The standard InChI is InChI=1S/C20H21F3N4O/c21-20(22,23)18-4-2-1-3-13(18)9-26-19(28)14-5-17(10-25-6-14)27-11-15-7-24-8-16(15)12-27/h1-6,10,15-16,24H,7-9,11-12H2,(H,26,28)/t15-,16+. The third-order valence-electron chi connectivity index (χ3n) is 5.50. The molecular weight excluding hydrogens is 369 g/mol. The minimum absolute atomic E-state index is 0.0346. The lowest BCUT2D eigenvalue weighted by molar-refractivity contribution is -0.138. The molecule has 2 aromatic rings. The summed E-state index contributed by atoms with van der Waals surface area (Å²) in [7, 11) is 0. The molecule has 2 N–H and O–H groups in total. The molecule has 0 spiro atoms. The van der Waals surface area contributed by atoms with Crippen LogP contribution in [-0.4, -0.2) is 37.1 Å². The highest BCUT2D eigenvalue weighted by molar-refractivity contribution is 5.94. The maximum Gasteiger partial charge on any atom is 0.416 e. The Morgan fingerprint density at radius 1 is 1.18 bits per heavy atom. The van der Waals surface area contributed by atoms with Crippen LogP contribution in [0, 0.1) is 11.8 Å². The smallest absolute Gasteiger partial charge is 0.370 e. The van der Waals surface area contributed by atoms with Crippen molar-refractivity contribution < 1.29 is 18.0 Å². The van der Waals surface area contributed by atoms with Crippen LogP contribution < -0.4 is 15.5 Å². The fourth-order valence-corrected chi connectivity index (χ4v) is 4.02. The third-order valence-corrected chi connectivity index (χ3v) is 5.50. The van der Waals surface area contributed by atoms with Gasteiger partial charge in [0.15, 0.2) is 0 Å². The van der Waals surface area contributed by atoms with Crippen LogP contribution in [0.2, 0.25) is 0 Å². The van der Waals surface area contributed by atoms with Crippen LogP contribution in [0.1, 0.15) is 21.5 Å². The van der Waals surface area contributed by atoms with Gasteiger partial charge in [-0.2, -0.15) is 13.2 Å². The van der Waals surface area contributed by atoms with E-state index in [1.807, 2.05) is 0 Å². The molecule has 2 fully saturated rings. The highest BCUT2D eigenvalue weighted by atomic mass is 19.4. The minimum Gasteiger partial charge on any atom is -0.370 e. The van der Waals surface area contributed by atoms with Crippen LogP contribution in [-0.2, 0) is 12.7 Å². The Balaban J connectivity index is 1.44. The summed E-state index contributed by atoms with van der Waals surface area (Å²) < 4.78 is 39.3. The quantitative estimate of drug-likeness (QED) is 0.843. The van der Waals surface area contributed by atoms with Crippen LogP contribution in [0.25, 0.3) is 0 Å². The average molecular weight is 390 g/mol. The molecule has 0 saturated carbocycles. The second kappa shape index (κ2) is 7.43. The number of fused-ring (bicyclic) bond motifs is 1. The summed E-state index contributed by atoms with van der Waals surface area (Å²) in [5, 5.41) is 5.96. The highest BCUT2D eigenvalue weighted by Crippen LogP contribution is 2.32. The number of rotatable bonds is 4. The predicted molar refractivity (Wildman–Crippen MR) is 98.9 cm³/mol. The van der Waals surface area contributed by atoms with Gasteiger partial charge in [0.2, 0.25) is 0 Å². The zero-order chi connectivity index (χ0) is 19.7. The molecule has 0 aliphatic carbocycles. The van der Waals surface area contributed by atoms with Crippen molar-refractivity contribution in [2.24, 2.45) is 11.8 Å². The molecule has 0 radical (unpaired) electrons. The fraction of sp³-hybridized carbons (Fsp3) is 0.400. The number of halogens is 3. The summed E-state index contributed by atoms with van der Waals surface area (Å²) in [5.74, 6) is 0.778. The van der Waals surface area contributed by atoms with Crippen molar-refractivity contribution in [1.29, 1.82) is 0 Å². The Morgan fingerprint density at radius 3 is 2.61 bits per heavy atom. The lowest BCUT2D eigenvalue weighted by Crippen LogP contribution is -2.27. The van der Waals surface area contributed by atoms with Crippen LogP contribution in [0.5, 0.6) is 0 Å². The number of anilines is 1. The molecule has 8 heteroatoms. The number of nitrogens with one attached hydrogen (secondary N) is 2. The third kappa shape index (κ3) is 3.82. The van der Waals surface area contributed by atoms with Crippen LogP contribution in [0.4, 0.5) is 18.9 Å². The van der Waals surface area contributed by atoms with Crippen molar-refractivity contribution in [3.8, 4) is 0 Å². The maximum absolute atomic E-state index is 13.1. The molecule has 4 rings (SSSR count). The monoisotopic (exact) mass is 390 g/mol. The molecule has 0 unspecified atom stereocenters. The van der Waals surface area contributed by atoms with Crippen molar-refractivity contribution >= 4 is 11.6 Å². The Morgan fingerprint density at radius 2 is 1.89 bits per heavy atom. The summed E-state index contributed by atoms with van der Waals surface area (Å²) in [6.07, 6.45) is -1.29. The van der Waals surface area contributed by atoms with Crippen LogP contribution in [0.15, 0.2) is 42.7 Å². The molecule has 148 valence electrons. The normalized spacial score (nSPS) is 21.6. The molecule has 2 atom stereocenters. The van der Waals surface area contributed by atoms with E-state index >= 15 is 0 Å². The molecule has 2 aliphatic rings. The van der Waals surface area contributed by atoms with Crippen LogP contribution >= 0.6 is 0 Å². The second-order valence-electron chi connectivity index (χ2n) is 7.35. The molecule has 2 saturated heterocycles. The Kier molecular flexibility index (Phi) is 4.97. The van der Waals surface area contributed by atoms with Gasteiger partial charge in [0, 0.05) is 38.9 Å². The lowest BCUT2D eigenvalue weighted by atomic mass is 10.0. The first-order chi connectivity index (χ1) is 13.4. The van der Waals surface area contributed by atoms with Gasteiger partial charge in [0.1, 0.15) is 0 Å². The molecule has 5 nitrogen and oxygen atoms in total. The van der Waals surface area contributed by atoms with Crippen molar-refractivity contribution in [1.82, 2.24) is 15.6 Å². The summed E-state index contributed by atoms with van der Waals surface area (Å²) >= 11 is 0. The number of carbonyl (C=O) groups excluding carboxylic acids is 1. The number of benzene rings is 1. The molecule has 2 aliphatic heterocycles. The van der Waals surface area contributed by atoms with E-state index in [2.05, 4.69) is 20.5 Å². The van der Waals surface area contributed by atoms with Crippen molar-refractivity contribution in [2.45, 2.75) is 12.7 Å². The maximum atomic E-state index is 13.1. The molecule has 1 aromatic carbocycles. The summed E-state index contributed by atoms with van der Waals surface area (Å²) in [6, 6.07) is 7.00. The average Bonchev–Trinajstić information content (AvgIpc) is 3.28. The molecular formula is C20H21F3N4O. The van der Waals surface area contributed by atoms with Gasteiger partial charge < -0.3 is 15.5 Å². The van der Waals surface area contributed by atoms with Crippen LogP contribution in [0.3, 0.4) is 0 Å². The summed E-state index contributed by atoms with van der Waals surface area (Å²) in [4.78, 5) is 18.9. The number of aromatic nitrogens is 1. The van der Waals surface area contributed by atoms with Crippen molar-refractivity contribution in [3.05, 3.63) is 59.4 Å². The van der Waals surface area contributed by atoms with Gasteiger partial charge >= 0.3 is 6.18 Å². The molecule has 28 heavy (non-hydrogen) atoms. The number of nitrogens with zero attached hydrogens (tertiary/aromatic N) is 2. The Bertz CT molecular complexity index is 859. The first-order valence-electron chi connectivity index (χ1n) is 9.26. The number of hydrogen-bond acceptors (Lipinski definition) is 4. The van der Waals surface area contributed by atoms with Crippen molar-refractivity contribution in [2.75, 3.05) is 31.1 Å². The molecule has 3 heterocycles. The van der Waals surface area contributed by atoms with Gasteiger partial charge in [-0.05, 0) is 29.5 Å². The van der Waals surface area contributed by atoms with E-state index in [1.54, 1.807) is 12.3 Å². The van der Waals surface area contributed by atoms with Gasteiger partial charge in [-0.3, -0.25) is 9.78 Å². The fourth-order valence-electron chi connectivity index (χ4n) is 4.02. The SMILES string of the molecule is O=C(NCc1ccccc1C(F)(F)F)c1cncc(N2C[C@H]3CNC[C@H]3C2)c1. The van der Waals surface area contributed by atoms with Crippen molar-refractivity contribution in [3.63, 3.8) is 0 Å². The zero-order valence-electron chi connectivity index (χ0n) is 15.2. The van der Waals surface area contributed by atoms with E-state index in [9.17, 15) is 18.0 Å². The summed E-state index contributed by atoms with van der Waals surface area (Å²) in [5.41, 5.74) is 0.515. The van der Waals surface area contributed by atoms with Gasteiger partial charge in [-0.1, -0.05) is 18.2 Å². The highest BCUT2D eigenvalue weighted by Gasteiger charge is 2.36. The number of amides is 1. The van der Waals surface area contributed by atoms with E-state index in [4.69, 9.17) is 0 Å². The number of carbonyl (C=O) groups is 1. The Hall–Kier alpha value is -2.61. The second-order valence-corrected chi connectivity index (χ2v) is 7.35. The van der Waals surface area contributed by atoms with E-state index in [1.165, 1.54) is 24.4 Å². The number of pyridine rings is 1. The number of alkyl halides is 3. The Labute approximate surface area is 160 Å².